The molecule has 25 heavy (non-hydrogen) atoms. The Balaban J connectivity index is 1.36. The molecule has 1 amide bonds. The van der Waals surface area contributed by atoms with Gasteiger partial charge in [0.2, 0.25) is 5.91 Å². The van der Waals surface area contributed by atoms with Crippen LogP contribution < -0.4 is 5.32 Å². The standard InChI is InChI=1S/C20H28N4O/c1-17(18-7-3-2-4-8-18)23-15-10-19(11-16-23)22-20(25)9-5-13-24-14-6-12-21-24/h2-4,6-8,12,14,17,19H,5,9-11,13,15-16H2,1H3,(H,22,25). The third-order valence-electron chi connectivity index (χ3n) is 5.07. The van der Waals surface area contributed by atoms with Crippen molar-refractivity contribution in [2.45, 2.75) is 51.2 Å². The molecule has 3 rings (SSSR count). The van der Waals surface area contributed by atoms with Gasteiger partial charge in [-0.3, -0.25) is 14.4 Å². The molecule has 0 radical (unpaired) electrons. The molecule has 0 bridgehead atoms. The maximum atomic E-state index is 12.1. The van der Waals surface area contributed by atoms with E-state index in [9.17, 15) is 4.79 Å². The summed E-state index contributed by atoms with van der Waals surface area (Å²) in [5, 5.41) is 7.36. The monoisotopic (exact) mass is 340 g/mol. The topological polar surface area (TPSA) is 50.2 Å². The van der Waals surface area contributed by atoms with Crippen LogP contribution in [0.15, 0.2) is 48.8 Å². The molecular weight excluding hydrogens is 312 g/mol. The number of aryl methyl sites for hydroxylation is 1. The Morgan fingerprint density at radius 3 is 2.68 bits per heavy atom. The van der Waals surface area contributed by atoms with Crippen molar-refractivity contribution in [3.05, 3.63) is 54.4 Å². The predicted octanol–water partition coefficient (Wildman–Crippen LogP) is 3.01. The first-order chi connectivity index (χ1) is 12.2. The van der Waals surface area contributed by atoms with Gasteiger partial charge in [0, 0.05) is 50.5 Å². The van der Waals surface area contributed by atoms with Crippen LogP contribution in [0.1, 0.15) is 44.2 Å². The first-order valence-electron chi connectivity index (χ1n) is 9.28. The summed E-state index contributed by atoms with van der Waals surface area (Å²) < 4.78 is 1.87. The fourth-order valence-corrected chi connectivity index (χ4v) is 3.51. The zero-order valence-electron chi connectivity index (χ0n) is 15.0. The largest absolute Gasteiger partial charge is 0.353 e. The minimum absolute atomic E-state index is 0.168. The Labute approximate surface area is 150 Å². The highest BCUT2D eigenvalue weighted by molar-refractivity contribution is 5.76. The third-order valence-corrected chi connectivity index (χ3v) is 5.07. The lowest BCUT2D eigenvalue weighted by molar-refractivity contribution is -0.122. The highest BCUT2D eigenvalue weighted by atomic mass is 16.1. The highest BCUT2D eigenvalue weighted by Crippen LogP contribution is 2.24. The second kappa shape index (κ2) is 8.81. The maximum absolute atomic E-state index is 12.1. The first-order valence-corrected chi connectivity index (χ1v) is 9.28. The second-order valence-electron chi connectivity index (χ2n) is 6.84. The molecule has 5 nitrogen and oxygen atoms in total. The molecule has 1 aliphatic heterocycles. The van der Waals surface area contributed by atoms with Crippen LogP contribution >= 0.6 is 0 Å². The summed E-state index contributed by atoms with van der Waals surface area (Å²) >= 11 is 0. The number of carbonyl (C=O) groups is 1. The number of rotatable bonds is 7. The van der Waals surface area contributed by atoms with Crippen molar-refractivity contribution in [2.24, 2.45) is 0 Å². The molecule has 2 heterocycles. The van der Waals surface area contributed by atoms with Gasteiger partial charge in [0.25, 0.3) is 0 Å². The van der Waals surface area contributed by atoms with Gasteiger partial charge in [0.15, 0.2) is 0 Å². The minimum Gasteiger partial charge on any atom is -0.353 e. The van der Waals surface area contributed by atoms with E-state index >= 15 is 0 Å². The van der Waals surface area contributed by atoms with Crippen molar-refractivity contribution in [2.75, 3.05) is 13.1 Å². The van der Waals surface area contributed by atoms with Crippen LogP contribution in [-0.4, -0.2) is 39.7 Å². The van der Waals surface area contributed by atoms with Crippen LogP contribution in [0.25, 0.3) is 0 Å². The van der Waals surface area contributed by atoms with Crippen molar-refractivity contribution in [1.29, 1.82) is 0 Å². The van der Waals surface area contributed by atoms with Gasteiger partial charge in [0.05, 0.1) is 0 Å². The number of piperidine rings is 1. The zero-order valence-corrected chi connectivity index (χ0v) is 15.0. The number of benzene rings is 1. The van der Waals surface area contributed by atoms with Gasteiger partial charge in [-0.15, -0.1) is 0 Å². The summed E-state index contributed by atoms with van der Waals surface area (Å²) in [6.07, 6.45) is 7.16. The van der Waals surface area contributed by atoms with Crippen LogP contribution in [-0.2, 0) is 11.3 Å². The number of aromatic nitrogens is 2. The fourth-order valence-electron chi connectivity index (χ4n) is 3.51. The molecule has 0 saturated carbocycles. The molecule has 1 aliphatic rings. The van der Waals surface area contributed by atoms with Crippen LogP contribution in [0, 0.1) is 0 Å². The molecule has 1 aromatic heterocycles. The maximum Gasteiger partial charge on any atom is 0.220 e. The smallest absolute Gasteiger partial charge is 0.220 e. The Hall–Kier alpha value is -2.14. The van der Waals surface area contributed by atoms with E-state index in [0.29, 0.717) is 18.5 Å². The molecule has 1 unspecified atom stereocenters. The molecular formula is C20H28N4O. The number of nitrogens with zero attached hydrogens (tertiary/aromatic N) is 3. The summed E-state index contributed by atoms with van der Waals surface area (Å²) in [4.78, 5) is 14.6. The van der Waals surface area contributed by atoms with Gasteiger partial charge in [0.1, 0.15) is 0 Å². The Kier molecular flexibility index (Phi) is 6.23. The van der Waals surface area contributed by atoms with E-state index in [1.54, 1.807) is 6.20 Å². The van der Waals surface area contributed by atoms with E-state index < -0.39 is 0 Å². The number of nitrogens with one attached hydrogen (secondary N) is 1. The van der Waals surface area contributed by atoms with Gasteiger partial charge < -0.3 is 5.32 Å². The van der Waals surface area contributed by atoms with E-state index in [1.807, 2.05) is 16.9 Å². The molecule has 5 heteroatoms. The van der Waals surface area contributed by atoms with Gasteiger partial charge in [-0.1, -0.05) is 30.3 Å². The highest BCUT2D eigenvalue weighted by Gasteiger charge is 2.24. The Morgan fingerprint density at radius 2 is 2.00 bits per heavy atom. The van der Waals surface area contributed by atoms with Crippen LogP contribution in [0.4, 0.5) is 0 Å². The van der Waals surface area contributed by atoms with Gasteiger partial charge >= 0.3 is 0 Å². The lowest BCUT2D eigenvalue weighted by Gasteiger charge is -2.36. The molecule has 2 aromatic rings. The Morgan fingerprint density at radius 1 is 1.24 bits per heavy atom. The number of amides is 1. The quantitative estimate of drug-likeness (QED) is 0.843. The van der Waals surface area contributed by atoms with E-state index in [-0.39, 0.29) is 5.91 Å². The molecule has 1 atom stereocenters. The predicted molar refractivity (Wildman–Crippen MR) is 99.1 cm³/mol. The molecule has 1 saturated heterocycles. The molecule has 134 valence electrons. The summed E-state index contributed by atoms with van der Waals surface area (Å²) in [7, 11) is 0. The summed E-state index contributed by atoms with van der Waals surface area (Å²) in [5.74, 6) is 0.168. The lowest BCUT2D eigenvalue weighted by Crippen LogP contribution is -2.45. The number of hydrogen-bond donors (Lipinski definition) is 1. The SMILES string of the molecule is CC(c1ccccc1)N1CCC(NC(=O)CCCn2cccn2)CC1. The normalized spacial score (nSPS) is 17.3. The Bertz CT molecular complexity index is 633. The van der Waals surface area contributed by atoms with Crippen molar-refractivity contribution in [1.82, 2.24) is 20.0 Å². The number of carbonyl (C=O) groups excluding carboxylic acids is 1. The van der Waals surface area contributed by atoms with Crippen LogP contribution in [0.2, 0.25) is 0 Å². The van der Waals surface area contributed by atoms with Gasteiger partial charge in [-0.2, -0.15) is 5.10 Å². The van der Waals surface area contributed by atoms with Crippen molar-refractivity contribution < 1.29 is 4.79 Å². The van der Waals surface area contributed by atoms with Crippen molar-refractivity contribution in [3.63, 3.8) is 0 Å². The van der Waals surface area contributed by atoms with Crippen LogP contribution in [0.3, 0.4) is 0 Å². The average Bonchev–Trinajstić information content (AvgIpc) is 3.16. The summed E-state index contributed by atoms with van der Waals surface area (Å²) in [6.45, 7) is 5.14. The van der Waals surface area contributed by atoms with E-state index in [2.05, 4.69) is 52.6 Å². The van der Waals surface area contributed by atoms with Crippen molar-refractivity contribution in [3.8, 4) is 0 Å². The minimum atomic E-state index is 0.168. The molecule has 1 aromatic carbocycles. The zero-order chi connectivity index (χ0) is 17.5. The summed E-state index contributed by atoms with van der Waals surface area (Å²) in [6, 6.07) is 13.3. The van der Waals surface area contributed by atoms with Crippen LogP contribution in [0.5, 0.6) is 0 Å². The van der Waals surface area contributed by atoms with Crippen molar-refractivity contribution >= 4 is 5.91 Å². The lowest BCUT2D eigenvalue weighted by atomic mass is 10.00. The fraction of sp³-hybridized carbons (Fsp3) is 0.500. The van der Waals surface area contributed by atoms with E-state index in [1.165, 1.54) is 5.56 Å². The third kappa shape index (κ3) is 5.16. The number of hydrogen-bond acceptors (Lipinski definition) is 3. The summed E-state index contributed by atoms with van der Waals surface area (Å²) in [5.41, 5.74) is 1.36. The first kappa shape index (κ1) is 17.7. The van der Waals surface area contributed by atoms with Gasteiger partial charge in [-0.05, 0) is 37.8 Å². The average molecular weight is 340 g/mol. The molecule has 1 N–H and O–H groups in total. The second-order valence-corrected chi connectivity index (χ2v) is 6.84. The molecule has 1 fully saturated rings. The molecule has 0 spiro atoms. The van der Waals surface area contributed by atoms with E-state index in [4.69, 9.17) is 0 Å². The number of likely N-dealkylation sites (tertiary alicyclic amines) is 1. The van der Waals surface area contributed by atoms with E-state index in [0.717, 1.165) is 38.9 Å². The molecule has 0 aliphatic carbocycles. The van der Waals surface area contributed by atoms with Gasteiger partial charge in [-0.25, -0.2) is 0 Å².